The Morgan fingerprint density at radius 2 is 1.38 bits per heavy atom. The minimum Gasteiger partial charge on any atom is -0.494 e. The van der Waals surface area contributed by atoms with Crippen molar-refractivity contribution in [1.82, 2.24) is 4.57 Å². The molecule has 0 fully saturated rings. The minimum atomic E-state index is -3.38. The zero-order chi connectivity index (χ0) is 24.7. The second-order valence-electron chi connectivity index (χ2n) is 7.04. The van der Waals surface area contributed by atoms with Gasteiger partial charge in [0.05, 0.1) is 22.9 Å². The van der Waals surface area contributed by atoms with Gasteiger partial charge >= 0.3 is 19.2 Å². The van der Waals surface area contributed by atoms with Gasteiger partial charge in [0.15, 0.2) is 0 Å². The Bertz CT molecular complexity index is 1350. The topological polar surface area (TPSA) is 101 Å². The minimum absolute atomic E-state index is 0.124. The molecule has 0 saturated heterocycles. The van der Waals surface area contributed by atoms with Crippen molar-refractivity contribution in [3.05, 3.63) is 53.8 Å². The molecule has 4 rings (SSSR count). The standard InChI is InChI=1S/C22H14F5NO6/c23-13-8-10(6-5-9(13)7-14(29)30)28-19(31)15-16(20(28)32)18(34-22(26)27)12-4-2-1-3-11(12)17(15)33-21(24)25/h1-6,8,21-22,31-32H,7H2,(H,29,30). The van der Waals surface area contributed by atoms with Gasteiger partial charge in [-0.05, 0) is 17.7 Å². The van der Waals surface area contributed by atoms with Gasteiger partial charge in [-0.15, -0.1) is 0 Å². The summed E-state index contributed by atoms with van der Waals surface area (Å²) in [6.45, 7) is -6.77. The largest absolute Gasteiger partial charge is 0.494 e. The number of hydrogen-bond donors (Lipinski definition) is 3. The summed E-state index contributed by atoms with van der Waals surface area (Å²) in [6, 6.07) is 8.33. The molecule has 0 radical (unpaired) electrons. The van der Waals surface area contributed by atoms with Gasteiger partial charge in [0, 0.05) is 10.8 Å². The van der Waals surface area contributed by atoms with Crippen LogP contribution in [0.4, 0.5) is 22.0 Å². The molecule has 0 spiro atoms. The molecule has 12 heteroatoms. The number of ether oxygens (including phenoxy) is 2. The first-order chi connectivity index (χ1) is 16.1. The number of carbonyl (C=O) groups is 1. The first-order valence-electron chi connectivity index (χ1n) is 9.51. The van der Waals surface area contributed by atoms with Gasteiger partial charge in [-0.25, -0.2) is 4.39 Å². The lowest BCUT2D eigenvalue weighted by molar-refractivity contribution is -0.136. The van der Waals surface area contributed by atoms with Gasteiger partial charge in [0.25, 0.3) is 0 Å². The lowest BCUT2D eigenvalue weighted by Crippen LogP contribution is -2.06. The van der Waals surface area contributed by atoms with Crippen LogP contribution in [0, 0.1) is 5.82 Å². The lowest BCUT2D eigenvalue weighted by Gasteiger charge is -2.15. The maximum absolute atomic E-state index is 14.5. The summed E-state index contributed by atoms with van der Waals surface area (Å²) in [5.41, 5.74) is -0.464. The van der Waals surface area contributed by atoms with Gasteiger partial charge < -0.3 is 24.8 Å². The average molecular weight is 483 g/mol. The highest BCUT2D eigenvalue weighted by Crippen LogP contribution is 2.53. The highest BCUT2D eigenvalue weighted by molar-refractivity contribution is 6.15. The number of carboxylic acid groups (broad SMARTS) is 1. The summed E-state index contributed by atoms with van der Waals surface area (Å²) in [4.78, 5) is 10.9. The molecule has 3 aromatic carbocycles. The van der Waals surface area contributed by atoms with Crippen LogP contribution in [0.3, 0.4) is 0 Å². The highest BCUT2D eigenvalue weighted by atomic mass is 19.3. The summed E-state index contributed by atoms with van der Waals surface area (Å²) in [6.07, 6.45) is -0.651. The zero-order valence-electron chi connectivity index (χ0n) is 16.8. The van der Waals surface area contributed by atoms with Crippen LogP contribution in [0.1, 0.15) is 5.56 Å². The van der Waals surface area contributed by atoms with Crippen LogP contribution < -0.4 is 9.47 Å². The smallest absolute Gasteiger partial charge is 0.387 e. The van der Waals surface area contributed by atoms with Gasteiger partial charge in [0.2, 0.25) is 11.8 Å². The van der Waals surface area contributed by atoms with Crippen LogP contribution in [-0.2, 0) is 11.2 Å². The van der Waals surface area contributed by atoms with Crippen molar-refractivity contribution in [1.29, 1.82) is 0 Å². The van der Waals surface area contributed by atoms with E-state index in [1.165, 1.54) is 24.3 Å². The van der Waals surface area contributed by atoms with Crippen molar-refractivity contribution in [2.24, 2.45) is 0 Å². The Kier molecular flexibility index (Phi) is 5.82. The lowest BCUT2D eigenvalue weighted by atomic mass is 10.0. The Balaban J connectivity index is 2.09. The van der Waals surface area contributed by atoms with E-state index >= 15 is 0 Å². The molecule has 178 valence electrons. The Morgan fingerprint density at radius 1 is 0.882 bits per heavy atom. The molecular formula is C22H14F5NO6. The number of aromatic hydroxyl groups is 2. The zero-order valence-corrected chi connectivity index (χ0v) is 16.8. The number of carboxylic acids is 1. The predicted octanol–water partition coefficient (Wildman–Crippen LogP) is 5.16. The highest BCUT2D eigenvalue weighted by Gasteiger charge is 2.30. The number of nitrogens with zero attached hydrogens (tertiary/aromatic N) is 1. The van der Waals surface area contributed by atoms with Crippen molar-refractivity contribution in [3.63, 3.8) is 0 Å². The van der Waals surface area contributed by atoms with Crippen molar-refractivity contribution in [2.45, 2.75) is 19.6 Å². The summed E-state index contributed by atoms with van der Waals surface area (Å²) < 4.78 is 77.1. The molecule has 0 aliphatic carbocycles. The molecule has 4 aromatic rings. The Morgan fingerprint density at radius 3 is 1.79 bits per heavy atom. The molecule has 0 amide bonds. The third-order valence-corrected chi connectivity index (χ3v) is 5.04. The van der Waals surface area contributed by atoms with Gasteiger partial charge in [-0.2, -0.15) is 17.6 Å². The van der Waals surface area contributed by atoms with Crippen molar-refractivity contribution in [3.8, 4) is 28.9 Å². The number of alkyl halides is 4. The third kappa shape index (κ3) is 3.87. The van der Waals surface area contributed by atoms with Crippen LogP contribution >= 0.6 is 0 Å². The number of rotatable bonds is 7. The average Bonchev–Trinajstić information content (AvgIpc) is 3.01. The van der Waals surface area contributed by atoms with E-state index in [2.05, 4.69) is 9.47 Å². The normalized spacial score (nSPS) is 11.6. The maximum atomic E-state index is 14.5. The third-order valence-electron chi connectivity index (χ3n) is 5.04. The molecule has 0 aliphatic heterocycles. The molecule has 0 atom stereocenters. The van der Waals surface area contributed by atoms with Crippen LogP contribution in [0.2, 0.25) is 0 Å². The maximum Gasteiger partial charge on any atom is 0.387 e. The molecule has 7 nitrogen and oxygen atoms in total. The summed E-state index contributed by atoms with van der Waals surface area (Å²) in [5.74, 6) is -5.43. The fourth-order valence-electron chi connectivity index (χ4n) is 3.78. The second-order valence-corrected chi connectivity index (χ2v) is 7.04. The van der Waals surface area contributed by atoms with Gasteiger partial charge in [-0.3, -0.25) is 9.36 Å². The first-order valence-corrected chi connectivity index (χ1v) is 9.51. The van der Waals surface area contributed by atoms with Crippen molar-refractivity contribution < 1.29 is 51.5 Å². The van der Waals surface area contributed by atoms with E-state index in [0.29, 0.717) is 4.57 Å². The van der Waals surface area contributed by atoms with Crippen LogP contribution in [-0.4, -0.2) is 39.1 Å². The van der Waals surface area contributed by atoms with Crippen LogP contribution in [0.5, 0.6) is 23.3 Å². The molecule has 0 saturated carbocycles. The van der Waals surface area contributed by atoms with E-state index in [1.807, 2.05) is 0 Å². The first kappa shape index (κ1) is 23.0. The monoisotopic (exact) mass is 483 g/mol. The summed E-state index contributed by atoms with van der Waals surface area (Å²) in [5, 5.41) is 29.2. The molecule has 34 heavy (non-hydrogen) atoms. The van der Waals surface area contributed by atoms with Crippen LogP contribution in [0.15, 0.2) is 42.5 Å². The van der Waals surface area contributed by atoms with Crippen molar-refractivity contribution >= 4 is 27.5 Å². The summed E-state index contributed by atoms with van der Waals surface area (Å²) in [7, 11) is 0. The number of fused-ring (bicyclic) bond motifs is 2. The van der Waals surface area contributed by atoms with Crippen LogP contribution in [0.25, 0.3) is 27.2 Å². The second kappa shape index (κ2) is 8.61. The Labute approximate surface area is 186 Å². The molecule has 0 bridgehead atoms. The number of aliphatic carboxylic acids is 1. The summed E-state index contributed by atoms with van der Waals surface area (Å²) >= 11 is 0. The Hall–Kier alpha value is -4.22. The molecule has 0 unspecified atom stereocenters. The number of aromatic nitrogens is 1. The SMILES string of the molecule is O=C(O)Cc1ccc(-n2c(O)c3c(OC(F)F)c4ccccc4c(OC(F)F)c3c2O)cc1F. The van der Waals surface area contributed by atoms with Crippen molar-refractivity contribution in [2.75, 3.05) is 0 Å². The number of halogens is 5. The van der Waals surface area contributed by atoms with E-state index in [4.69, 9.17) is 5.11 Å². The van der Waals surface area contributed by atoms with E-state index in [9.17, 15) is 37.0 Å². The predicted molar refractivity (Wildman–Crippen MR) is 109 cm³/mol. The van der Waals surface area contributed by atoms with E-state index in [1.54, 1.807) is 0 Å². The molecular weight excluding hydrogens is 469 g/mol. The van der Waals surface area contributed by atoms with E-state index in [-0.39, 0.29) is 22.0 Å². The van der Waals surface area contributed by atoms with Gasteiger partial charge in [0.1, 0.15) is 17.3 Å². The number of benzene rings is 3. The molecule has 1 heterocycles. The van der Waals surface area contributed by atoms with E-state index < -0.39 is 65.5 Å². The fraction of sp³-hybridized carbons (Fsp3) is 0.136. The quantitative estimate of drug-likeness (QED) is 0.314. The molecule has 0 aliphatic rings. The molecule has 1 aromatic heterocycles. The molecule has 3 N–H and O–H groups in total. The number of hydrogen-bond acceptors (Lipinski definition) is 5. The fourth-order valence-corrected chi connectivity index (χ4v) is 3.78. The van der Waals surface area contributed by atoms with Gasteiger partial charge in [-0.1, -0.05) is 30.3 Å². The van der Waals surface area contributed by atoms with E-state index in [0.717, 1.165) is 18.2 Å².